The molecular weight excluding hydrogens is 358 g/mol. The van der Waals surface area contributed by atoms with E-state index in [4.69, 9.17) is 16.3 Å². The summed E-state index contributed by atoms with van der Waals surface area (Å²) in [6.45, 7) is 1.98. The molecule has 2 aromatic rings. The lowest BCUT2D eigenvalue weighted by Crippen LogP contribution is -2.30. The van der Waals surface area contributed by atoms with E-state index in [1.54, 1.807) is 12.1 Å². The van der Waals surface area contributed by atoms with Crippen molar-refractivity contribution >= 4 is 35.2 Å². The molecule has 1 amide bonds. The molecule has 1 unspecified atom stereocenters. The summed E-state index contributed by atoms with van der Waals surface area (Å²) in [5.41, 5.74) is 2.32. The van der Waals surface area contributed by atoms with Crippen molar-refractivity contribution in [1.29, 1.82) is 0 Å². The number of carbonyl (C=O) groups is 2. The highest BCUT2D eigenvalue weighted by Crippen LogP contribution is 2.25. The normalized spacial score (nSPS) is 11.7. The van der Waals surface area contributed by atoms with Crippen molar-refractivity contribution in [1.82, 2.24) is 5.32 Å². The Balaban J connectivity index is 2.27. The third-order valence-electron chi connectivity index (χ3n) is 3.80. The van der Waals surface area contributed by atoms with E-state index in [9.17, 15) is 9.59 Å². The maximum atomic E-state index is 12.7. The molecule has 4 nitrogen and oxygen atoms in total. The molecule has 0 heterocycles. The second-order valence-electron chi connectivity index (χ2n) is 5.56. The number of benzene rings is 2. The average Bonchev–Trinajstić information content (AvgIpc) is 2.62. The Morgan fingerprint density at radius 1 is 1.20 bits per heavy atom. The zero-order chi connectivity index (χ0) is 18.4. The van der Waals surface area contributed by atoms with Gasteiger partial charge in [-0.2, -0.15) is 0 Å². The SMILES string of the molecule is COC(=O)CC(NC(=O)c1cc(SC)ccc1Cl)c1ccc(C)cc1. The Morgan fingerprint density at radius 3 is 2.48 bits per heavy atom. The molecule has 0 aliphatic carbocycles. The number of ether oxygens (including phenoxy) is 1. The molecule has 0 spiro atoms. The Labute approximate surface area is 156 Å². The lowest BCUT2D eigenvalue weighted by molar-refractivity contribution is -0.141. The minimum Gasteiger partial charge on any atom is -0.469 e. The first kappa shape index (κ1) is 19.3. The highest BCUT2D eigenvalue weighted by molar-refractivity contribution is 7.98. The highest BCUT2D eigenvalue weighted by atomic mass is 35.5. The first-order chi connectivity index (χ1) is 11.9. The Bertz CT molecular complexity index is 762. The zero-order valence-corrected chi connectivity index (χ0v) is 15.9. The van der Waals surface area contributed by atoms with E-state index in [0.29, 0.717) is 10.6 Å². The molecule has 0 saturated carbocycles. The highest BCUT2D eigenvalue weighted by Gasteiger charge is 2.21. The number of nitrogens with one attached hydrogen (secondary N) is 1. The second-order valence-corrected chi connectivity index (χ2v) is 6.85. The van der Waals surface area contributed by atoms with Crippen LogP contribution in [0.5, 0.6) is 0 Å². The third-order valence-corrected chi connectivity index (χ3v) is 4.86. The summed E-state index contributed by atoms with van der Waals surface area (Å²) in [5.74, 6) is -0.717. The van der Waals surface area contributed by atoms with Crippen molar-refractivity contribution in [2.75, 3.05) is 13.4 Å². The number of thioether (sulfide) groups is 1. The van der Waals surface area contributed by atoms with E-state index in [1.807, 2.05) is 43.5 Å². The van der Waals surface area contributed by atoms with Crippen LogP contribution >= 0.6 is 23.4 Å². The molecule has 0 radical (unpaired) electrons. The fourth-order valence-electron chi connectivity index (χ4n) is 2.34. The number of aryl methyl sites for hydroxylation is 1. The van der Waals surface area contributed by atoms with Gasteiger partial charge in [0.25, 0.3) is 5.91 Å². The smallest absolute Gasteiger partial charge is 0.307 e. The summed E-state index contributed by atoms with van der Waals surface area (Å²) < 4.78 is 4.75. The van der Waals surface area contributed by atoms with E-state index >= 15 is 0 Å². The van der Waals surface area contributed by atoms with Gasteiger partial charge >= 0.3 is 5.97 Å². The van der Waals surface area contributed by atoms with Crippen molar-refractivity contribution < 1.29 is 14.3 Å². The average molecular weight is 378 g/mol. The molecule has 0 aliphatic rings. The number of hydrogen-bond acceptors (Lipinski definition) is 4. The van der Waals surface area contributed by atoms with Crippen LogP contribution < -0.4 is 5.32 Å². The topological polar surface area (TPSA) is 55.4 Å². The Kier molecular flexibility index (Phi) is 6.91. The first-order valence-electron chi connectivity index (χ1n) is 7.72. The van der Waals surface area contributed by atoms with Crippen LogP contribution in [0.15, 0.2) is 47.4 Å². The molecule has 0 bridgehead atoms. The molecule has 2 rings (SSSR count). The van der Waals surface area contributed by atoms with Crippen LogP contribution in [0.25, 0.3) is 0 Å². The van der Waals surface area contributed by atoms with Gasteiger partial charge in [-0.05, 0) is 36.9 Å². The lowest BCUT2D eigenvalue weighted by atomic mass is 10.0. The van der Waals surface area contributed by atoms with Crippen LogP contribution in [0.4, 0.5) is 0 Å². The Morgan fingerprint density at radius 2 is 1.88 bits per heavy atom. The quantitative estimate of drug-likeness (QED) is 0.598. The zero-order valence-electron chi connectivity index (χ0n) is 14.3. The number of hydrogen-bond donors (Lipinski definition) is 1. The van der Waals surface area contributed by atoms with Crippen LogP contribution in [0.3, 0.4) is 0 Å². The first-order valence-corrected chi connectivity index (χ1v) is 9.32. The van der Waals surface area contributed by atoms with Crippen LogP contribution in [0.1, 0.15) is 33.9 Å². The van der Waals surface area contributed by atoms with Gasteiger partial charge in [-0.1, -0.05) is 41.4 Å². The van der Waals surface area contributed by atoms with Crippen molar-refractivity contribution in [3.8, 4) is 0 Å². The monoisotopic (exact) mass is 377 g/mol. The van der Waals surface area contributed by atoms with Crippen molar-refractivity contribution in [3.05, 3.63) is 64.2 Å². The predicted octanol–water partition coefficient (Wildman–Crippen LogP) is 4.40. The molecule has 6 heteroatoms. The number of carbonyl (C=O) groups excluding carboxylic acids is 2. The molecule has 25 heavy (non-hydrogen) atoms. The molecule has 0 fully saturated rings. The molecule has 1 N–H and O–H groups in total. The van der Waals surface area contributed by atoms with Gasteiger partial charge < -0.3 is 10.1 Å². The minimum absolute atomic E-state index is 0.0468. The Hall–Kier alpha value is -1.98. The van der Waals surface area contributed by atoms with E-state index < -0.39 is 12.0 Å². The number of esters is 1. The van der Waals surface area contributed by atoms with Gasteiger partial charge in [0.1, 0.15) is 0 Å². The van der Waals surface area contributed by atoms with Crippen LogP contribution in [0.2, 0.25) is 5.02 Å². The largest absolute Gasteiger partial charge is 0.469 e. The van der Waals surface area contributed by atoms with Crippen molar-refractivity contribution in [2.45, 2.75) is 24.3 Å². The summed E-state index contributed by atoms with van der Waals surface area (Å²) in [7, 11) is 1.33. The van der Waals surface area contributed by atoms with E-state index in [0.717, 1.165) is 16.0 Å². The van der Waals surface area contributed by atoms with Gasteiger partial charge in [0.2, 0.25) is 0 Å². The summed E-state index contributed by atoms with van der Waals surface area (Å²) >= 11 is 7.70. The van der Waals surface area contributed by atoms with E-state index in [-0.39, 0.29) is 12.3 Å². The van der Waals surface area contributed by atoms with Gasteiger partial charge in [0, 0.05) is 4.90 Å². The summed E-state index contributed by atoms with van der Waals surface area (Å²) in [6.07, 6.45) is 1.97. The predicted molar refractivity (Wildman–Crippen MR) is 101 cm³/mol. The summed E-state index contributed by atoms with van der Waals surface area (Å²) in [6, 6.07) is 12.5. The molecule has 1 atom stereocenters. The summed E-state index contributed by atoms with van der Waals surface area (Å²) in [5, 5.41) is 3.26. The van der Waals surface area contributed by atoms with Crippen molar-refractivity contribution in [2.24, 2.45) is 0 Å². The standard InChI is InChI=1S/C19H20ClNO3S/c1-12-4-6-13(7-5-12)17(11-18(22)24-2)21-19(23)15-10-14(25-3)8-9-16(15)20/h4-10,17H,11H2,1-3H3,(H,21,23). The van der Waals surface area contributed by atoms with Crippen LogP contribution in [-0.2, 0) is 9.53 Å². The van der Waals surface area contributed by atoms with Gasteiger partial charge in [0.05, 0.1) is 30.2 Å². The lowest BCUT2D eigenvalue weighted by Gasteiger charge is -2.19. The maximum Gasteiger partial charge on any atom is 0.307 e. The van der Waals surface area contributed by atoms with Crippen molar-refractivity contribution in [3.63, 3.8) is 0 Å². The maximum absolute atomic E-state index is 12.7. The molecule has 0 saturated heterocycles. The molecule has 0 aliphatic heterocycles. The number of halogens is 1. The number of methoxy groups -OCH3 is 1. The molecule has 0 aromatic heterocycles. The van der Waals surface area contributed by atoms with E-state index in [1.165, 1.54) is 18.9 Å². The van der Waals surface area contributed by atoms with Gasteiger partial charge in [-0.25, -0.2) is 0 Å². The fourth-order valence-corrected chi connectivity index (χ4v) is 2.99. The molecule has 132 valence electrons. The fraction of sp³-hybridized carbons (Fsp3) is 0.263. The second kappa shape index (κ2) is 8.92. The summed E-state index contributed by atoms with van der Waals surface area (Å²) in [4.78, 5) is 25.4. The minimum atomic E-state index is -0.491. The van der Waals surface area contributed by atoms with Gasteiger partial charge in [-0.3, -0.25) is 9.59 Å². The van der Waals surface area contributed by atoms with Crippen LogP contribution in [0, 0.1) is 6.92 Å². The number of amides is 1. The van der Waals surface area contributed by atoms with Gasteiger partial charge in [0.15, 0.2) is 0 Å². The third kappa shape index (κ3) is 5.25. The molecule has 2 aromatic carbocycles. The number of rotatable bonds is 6. The van der Waals surface area contributed by atoms with Gasteiger partial charge in [-0.15, -0.1) is 11.8 Å². The van der Waals surface area contributed by atoms with E-state index in [2.05, 4.69) is 5.32 Å². The van der Waals surface area contributed by atoms with Crippen LogP contribution in [-0.4, -0.2) is 25.2 Å². The molecular formula is C19H20ClNO3S.